The van der Waals surface area contributed by atoms with Gasteiger partial charge in [-0.05, 0) is 25.7 Å². The van der Waals surface area contributed by atoms with Crippen LogP contribution in [-0.4, -0.2) is 60.1 Å². The average molecular weight is 319 g/mol. The van der Waals surface area contributed by atoms with Crippen LogP contribution in [-0.2, 0) is 4.79 Å². The number of hydrogen-bond acceptors (Lipinski definition) is 6. The maximum atomic E-state index is 12.7. The van der Waals surface area contributed by atoms with E-state index in [2.05, 4.69) is 14.9 Å². The number of hydrogen-bond donors (Lipinski definition) is 1. The fraction of sp³-hybridized carbons (Fsp3) is 0.688. The highest BCUT2D eigenvalue weighted by atomic mass is 16.5. The standard InChI is InChI=1S/C16H25N5O2/c1-23-14-4-7-18-16(19-14)20-9-5-12(6-10-20)15(22)21-8-2-3-13(21)11-17/h4,7,12-13H,2-3,5-6,8-11,17H2,1H3. The number of methoxy groups -OCH3 is 1. The number of anilines is 1. The minimum absolute atomic E-state index is 0.101. The van der Waals surface area contributed by atoms with E-state index in [0.29, 0.717) is 18.4 Å². The summed E-state index contributed by atoms with van der Waals surface area (Å²) in [5.41, 5.74) is 5.79. The largest absolute Gasteiger partial charge is 0.481 e. The van der Waals surface area contributed by atoms with Gasteiger partial charge >= 0.3 is 0 Å². The Labute approximate surface area is 136 Å². The van der Waals surface area contributed by atoms with E-state index in [1.165, 1.54) is 0 Å². The monoisotopic (exact) mass is 319 g/mol. The number of aromatic nitrogens is 2. The van der Waals surface area contributed by atoms with E-state index < -0.39 is 0 Å². The summed E-state index contributed by atoms with van der Waals surface area (Å²) in [6.07, 6.45) is 5.50. The van der Waals surface area contributed by atoms with Crippen LogP contribution in [0.2, 0.25) is 0 Å². The van der Waals surface area contributed by atoms with Crippen LogP contribution in [0, 0.1) is 5.92 Å². The van der Waals surface area contributed by atoms with Crippen molar-refractivity contribution in [3.63, 3.8) is 0 Å². The summed E-state index contributed by atoms with van der Waals surface area (Å²) in [5.74, 6) is 1.63. The van der Waals surface area contributed by atoms with Gasteiger partial charge < -0.3 is 20.3 Å². The lowest BCUT2D eigenvalue weighted by Crippen LogP contribution is -2.46. The predicted octanol–water partition coefficient (Wildman–Crippen LogP) is 0.651. The van der Waals surface area contributed by atoms with Gasteiger partial charge in [0.25, 0.3) is 0 Å². The lowest BCUT2D eigenvalue weighted by atomic mass is 9.95. The molecule has 1 unspecified atom stereocenters. The summed E-state index contributed by atoms with van der Waals surface area (Å²) in [7, 11) is 1.60. The first-order chi connectivity index (χ1) is 11.2. The Morgan fingerprint density at radius 2 is 2.13 bits per heavy atom. The van der Waals surface area contributed by atoms with Gasteiger partial charge in [-0.1, -0.05) is 0 Å². The van der Waals surface area contributed by atoms with E-state index in [9.17, 15) is 4.79 Å². The van der Waals surface area contributed by atoms with Gasteiger partial charge in [-0.25, -0.2) is 4.98 Å². The van der Waals surface area contributed by atoms with Crippen molar-refractivity contribution in [2.75, 3.05) is 38.2 Å². The molecule has 0 aliphatic carbocycles. The number of amides is 1. The summed E-state index contributed by atoms with van der Waals surface area (Å²) in [4.78, 5) is 25.5. The first kappa shape index (κ1) is 16.0. The minimum Gasteiger partial charge on any atom is -0.481 e. The molecule has 2 aliphatic rings. The Balaban J connectivity index is 1.58. The van der Waals surface area contributed by atoms with Crippen molar-refractivity contribution in [3.05, 3.63) is 12.3 Å². The number of carbonyl (C=O) groups excluding carboxylic acids is 1. The van der Waals surface area contributed by atoms with Crippen molar-refractivity contribution in [1.82, 2.24) is 14.9 Å². The Morgan fingerprint density at radius 1 is 1.35 bits per heavy atom. The van der Waals surface area contributed by atoms with Gasteiger partial charge in [0.1, 0.15) is 0 Å². The number of carbonyl (C=O) groups is 1. The molecule has 0 bridgehead atoms. The number of piperidine rings is 1. The predicted molar refractivity (Wildman–Crippen MR) is 87.3 cm³/mol. The van der Waals surface area contributed by atoms with Crippen molar-refractivity contribution in [1.29, 1.82) is 0 Å². The van der Waals surface area contributed by atoms with E-state index in [1.54, 1.807) is 19.4 Å². The molecule has 126 valence electrons. The topological polar surface area (TPSA) is 84.6 Å². The quantitative estimate of drug-likeness (QED) is 0.877. The van der Waals surface area contributed by atoms with Gasteiger partial charge in [0, 0.05) is 50.4 Å². The molecule has 3 heterocycles. The van der Waals surface area contributed by atoms with Crippen LogP contribution >= 0.6 is 0 Å². The van der Waals surface area contributed by atoms with Crippen LogP contribution in [0.4, 0.5) is 5.95 Å². The summed E-state index contributed by atoms with van der Waals surface area (Å²) >= 11 is 0. The lowest BCUT2D eigenvalue weighted by Gasteiger charge is -2.34. The molecule has 2 fully saturated rings. The van der Waals surface area contributed by atoms with Crippen LogP contribution in [0.25, 0.3) is 0 Å². The van der Waals surface area contributed by atoms with E-state index >= 15 is 0 Å². The zero-order valence-corrected chi connectivity index (χ0v) is 13.6. The Bertz CT molecular complexity index is 545. The second-order valence-corrected chi connectivity index (χ2v) is 6.22. The third kappa shape index (κ3) is 3.39. The average Bonchev–Trinajstić information content (AvgIpc) is 3.10. The highest BCUT2D eigenvalue weighted by Crippen LogP contribution is 2.26. The van der Waals surface area contributed by atoms with Gasteiger partial charge in [0.05, 0.1) is 7.11 Å². The van der Waals surface area contributed by atoms with Gasteiger partial charge in [0.2, 0.25) is 17.7 Å². The highest BCUT2D eigenvalue weighted by molar-refractivity contribution is 5.79. The zero-order valence-electron chi connectivity index (χ0n) is 13.6. The Morgan fingerprint density at radius 3 is 2.83 bits per heavy atom. The molecule has 7 heteroatoms. The van der Waals surface area contributed by atoms with E-state index in [4.69, 9.17) is 10.5 Å². The van der Waals surface area contributed by atoms with Crippen molar-refractivity contribution >= 4 is 11.9 Å². The van der Waals surface area contributed by atoms with E-state index in [1.807, 2.05) is 4.90 Å². The smallest absolute Gasteiger partial charge is 0.228 e. The summed E-state index contributed by atoms with van der Waals surface area (Å²) < 4.78 is 5.15. The third-order valence-corrected chi connectivity index (χ3v) is 4.89. The molecule has 0 aromatic carbocycles. The molecule has 2 saturated heterocycles. The van der Waals surface area contributed by atoms with Crippen LogP contribution in [0.15, 0.2) is 12.3 Å². The first-order valence-corrected chi connectivity index (χ1v) is 8.35. The molecule has 0 spiro atoms. The fourth-order valence-electron chi connectivity index (χ4n) is 3.53. The molecular formula is C16H25N5O2. The maximum Gasteiger partial charge on any atom is 0.228 e. The van der Waals surface area contributed by atoms with Crippen LogP contribution < -0.4 is 15.4 Å². The molecule has 1 amide bonds. The first-order valence-electron chi connectivity index (χ1n) is 8.35. The van der Waals surface area contributed by atoms with Gasteiger partial charge in [0.15, 0.2) is 0 Å². The molecule has 2 aliphatic heterocycles. The number of likely N-dealkylation sites (tertiary alicyclic amines) is 1. The molecule has 0 saturated carbocycles. The molecule has 1 atom stereocenters. The Kier molecular flexibility index (Phi) is 4.95. The normalized spacial score (nSPS) is 22.4. The number of nitrogens with zero attached hydrogens (tertiary/aromatic N) is 4. The van der Waals surface area contributed by atoms with Gasteiger partial charge in [-0.15, -0.1) is 0 Å². The highest BCUT2D eigenvalue weighted by Gasteiger charge is 2.34. The molecule has 0 radical (unpaired) electrons. The van der Waals surface area contributed by atoms with Crippen LogP contribution in [0.5, 0.6) is 5.88 Å². The molecule has 23 heavy (non-hydrogen) atoms. The number of nitrogens with two attached hydrogens (primary N) is 1. The molecule has 2 N–H and O–H groups in total. The molecule has 1 aromatic heterocycles. The third-order valence-electron chi connectivity index (χ3n) is 4.89. The van der Waals surface area contributed by atoms with E-state index in [-0.39, 0.29) is 17.9 Å². The summed E-state index contributed by atoms with van der Waals surface area (Å²) in [6.45, 7) is 3.03. The molecule has 7 nitrogen and oxygen atoms in total. The van der Waals surface area contributed by atoms with Crippen molar-refractivity contribution < 1.29 is 9.53 Å². The second kappa shape index (κ2) is 7.12. The molecule has 3 rings (SSSR count). The van der Waals surface area contributed by atoms with Crippen LogP contribution in [0.1, 0.15) is 25.7 Å². The van der Waals surface area contributed by atoms with Crippen LogP contribution in [0.3, 0.4) is 0 Å². The van der Waals surface area contributed by atoms with E-state index in [0.717, 1.165) is 45.3 Å². The second-order valence-electron chi connectivity index (χ2n) is 6.22. The number of rotatable bonds is 4. The molecule has 1 aromatic rings. The molecular weight excluding hydrogens is 294 g/mol. The summed E-state index contributed by atoms with van der Waals surface area (Å²) in [5, 5.41) is 0. The lowest BCUT2D eigenvalue weighted by molar-refractivity contribution is -0.136. The zero-order chi connectivity index (χ0) is 16.2. The SMILES string of the molecule is COc1ccnc(N2CCC(C(=O)N3CCCC3CN)CC2)n1. The fourth-order valence-corrected chi connectivity index (χ4v) is 3.53. The minimum atomic E-state index is 0.101. The van der Waals surface area contributed by atoms with Crippen molar-refractivity contribution in [3.8, 4) is 5.88 Å². The van der Waals surface area contributed by atoms with Gasteiger partial charge in [-0.2, -0.15) is 4.98 Å². The summed E-state index contributed by atoms with van der Waals surface area (Å²) in [6, 6.07) is 1.97. The van der Waals surface area contributed by atoms with Crippen molar-refractivity contribution in [2.45, 2.75) is 31.7 Å². The maximum absolute atomic E-state index is 12.7. The number of ether oxygens (including phenoxy) is 1. The van der Waals surface area contributed by atoms with Crippen molar-refractivity contribution in [2.24, 2.45) is 11.7 Å². The van der Waals surface area contributed by atoms with Gasteiger partial charge in [-0.3, -0.25) is 4.79 Å². The Hall–Kier alpha value is -1.89.